The molecule has 0 atom stereocenters. The first kappa shape index (κ1) is 9.99. The zero-order chi connectivity index (χ0) is 10.2. The van der Waals surface area contributed by atoms with E-state index in [-0.39, 0.29) is 5.54 Å². The molecule has 0 unspecified atom stereocenters. The van der Waals surface area contributed by atoms with Crippen LogP contribution in [0.5, 0.6) is 5.75 Å². The van der Waals surface area contributed by atoms with Gasteiger partial charge in [-0.25, -0.2) is 0 Å². The van der Waals surface area contributed by atoms with Crippen LogP contribution in [0.25, 0.3) is 0 Å². The Bertz CT molecular complexity index is 347. The van der Waals surface area contributed by atoms with Crippen LogP contribution < -0.4 is 10.1 Å². The second-order valence-corrected chi connectivity index (χ2v) is 4.53. The van der Waals surface area contributed by atoms with Crippen molar-refractivity contribution < 1.29 is 4.74 Å². The summed E-state index contributed by atoms with van der Waals surface area (Å²) in [5.41, 5.74) is 1.55. The monoisotopic (exact) mass is 255 g/mol. The summed E-state index contributed by atoms with van der Waals surface area (Å²) in [5, 5.41) is 3.38. The quantitative estimate of drug-likeness (QED) is 0.897. The average molecular weight is 256 g/mol. The van der Waals surface area contributed by atoms with Crippen LogP contribution in [0.1, 0.15) is 18.4 Å². The highest BCUT2D eigenvalue weighted by molar-refractivity contribution is 9.10. The van der Waals surface area contributed by atoms with Crippen LogP contribution in [0, 0.1) is 0 Å². The maximum atomic E-state index is 5.17. The normalized spacial score (nSPS) is 17.9. The SMILES string of the molecule is CNC1(c2ccc(OC)cc2Br)CC1. The van der Waals surface area contributed by atoms with Crippen molar-refractivity contribution in [2.45, 2.75) is 18.4 Å². The second kappa shape index (κ2) is 3.55. The maximum absolute atomic E-state index is 5.17. The van der Waals surface area contributed by atoms with Crippen LogP contribution in [0.2, 0.25) is 0 Å². The highest BCUT2D eigenvalue weighted by Gasteiger charge is 2.43. The van der Waals surface area contributed by atoms with Crippen LogP contribution in [0.4, 0.5) is 0 Å². The van der Waals surface area contributed by atoms with Crippen molar-refractivity contribution in [3.8, 4) is 5.75 Å². The minimum Gasteiger partial charge on any atom is -0.497 e. The van der Waals surface area contributed by atoms with Crippen molar-refractivity contribution in [2.75, 3.05) is 14.2 Å². The molecule has 1 N–H and O–H groups in total. The van der Waals surface area contributed by atoms with E-state index in [9.17, 15) is 0 Å². The molecule has 1 aromatic rings. The Labute approximate surface area is 92.8 Å². The number of rotatable bonds is 3. The Morgan fingerprint density at radius 2 is 2.14 bits per heavy atom. The molecule has 14 heavy (non-hydrogen) atoms. The van der Waals surface area contributed by atoms with E-state index in [1.807, 2.05) is 19.2 Å². The Morgan fingerprint density at radius 1 is 1.43 bits per heavy atom. The third-order valence-electron chi connectivity index (χ3n) is 2.92. The van der Waals surface area contributed by atoms with Gasteiger partial charge in [0.15, 0.2) is 0 Å². The molecule has 0 aliphatic heterocycles. The van der Waals surface area contributed by atoms with Crippen LogP contribution in [0.15, 0.2) is 22.7 Å². The minimum absolute atomic E-state index is 0.213. The lowest BCUT2D eigenvalue weighted by molar-refractivity contribution is 0.414. The number of nitrogens with one attached hydrogen (secondary N) is 1. The highest BCUT2D eigenvalue weighted by atomic mass is 79.9. The molecule has 0 bridgehead atoms. The van der Waals surface area contributed by atoms with Crippen molar-refractivity contribution in [3.63, 3.8) is 0 Å². The second-order valence-electron chi connectivity index (χ2n) is 3.68. The fourth-order valence-electron chi connectivity index (χ4n) is 1.79. The summed E-state index contributed by atoms with van der Waals surface area (Å²) in [6.45, 7) is 0. The maximum Gasteiger partial charge on any atom is 0.120 e. The number of ether oxygens (including phenoxy) is 1. The molecule has 1 saturated carbocycles. The number of benzene rings is 1. The van der Waals surface area contributed by atoms with Crippen LogP contribution in [0.3, 0.4) is 0 Å². The summed E-state index contributed by atoms with van der Waals surface area (Å²) in [6, 6.07) is 6.16. The van der Waals surface area contributed by atoms with Gasteiger partial charge in [-0.3, -0.25) is 0 Å². The first-order valence-electron chi connectivity index (χ1n) is 4.75. The Balaban J connectivity index is 2.36. The molecule has 0 amide bonds. The number of hydrogen-bond acceptors (Lipinski definition) is 2. The molecule has 3 heteroatoms. The zero-order valence-electron chi connectivity index (χ0n) is 8.43. The molecule has 0 aromatic heterocycles. The van der Waals surface area contributed by atoms with Crippen LogP contribution in [-0.2, 0) is 5.54 Å². The van der Waals surface area contributed by atoms with Crippen molar-refractivity contribution >= 4 is 15.9 Å². The topological polar surface area (TPSA) is 21.3 Å². The molecule has 0 saturated heterocycles. The van der Waals surface area contributed by atoms with Gasteiger partial charge in [0, 0.05) is 10.0 Å². The molecule has 0 radical (unpaired) electrons. The fourth-order valence-corrected chi connectivity index (χ4v) is 2.53. The summed E-state index contributed by atoms with van der Waals surface area (Å²) in [6.07, 6.45) is 2.43. The van der Waals surface area contributed by atoms with Crippen molar-refractivity contribution in [2.24, 2.45) is 0 Å². The van der Waals surface area contributed by atoms with Gasteiger partial charge in [-0.2, -0.15) is 0 Å². The average Bonchev–Trinajstić information content (AvgIpc) is 2.98. The lowest BCUT2D eigenvalue weighted by Gasteiger charge is -2.16. The summed E-state index contributed by atoms with van der Waals surface area (Å²) < 4.78 is 6.29. The molecule has 1 aliphatic rings. The van der Waals surface area contributed by atoms with Gasteiger partial charge in [-0.05, 0) is 37.6 Å². The largest absolute Gasteiger partial charge is 0.497 e. The molecule has 1 fully saturated rings. The van der Waals surface area contributed by atoms with Crippen LogP contribution in [-0.4, -0.2) is 14.2 Å². The van der Waals surface area contributed by atoms with Gasteiger partial charge in [0.2, 0.25) is 0 Å². The van der Waals surface area contributed by atoms with Crippen molar-refractivity contribution in [1.29, 1.82) is 0 Å². The van der Waals surface area contributed by atoms with E-state index in [0.29, 0.717) is 0 Å². The van der Waals surface area contributed by atoms with E-state index in [1.54, 1.807) is 7.11 Å². The highest BCUT2D eigenvalue weighted by Crippen LogP contribution is 2.48. The molecule has 0 heterocycles. The van der Waals surface area contributed by atoms with E-state index < -0.39 is 0 Å². The first-order chi connectivity index (χ1) is 6.72. The van der Waals surface area contributed by atoms with Crippen LogP contribution >= 0.6 is 15.9 Å². The summed E-state index contributed by atoms with van der Waals surface area (Å²) in [5.74, 6) is 0.896. The van der Waals surface area contributed by atoms with E-state index in [4.69, 9.17) is 4.74 Å². The number of hydrogen-bond donors (Lipinski definition) is 1. The minimum atomic E-state index is 0.213. The summed E-state index contributed by atoms with van der Waals surface area (Å²) in [7, 11) is 3.70. The molecular weight excluding hydrogens is 242 g/mol. The lowest BCUT2D eigenvalue weighted by atomic mass is 10.1. The summed E-state index contributed by atoms with van der Waals surface area (Å²) >= 11 is 3.58. The van der Waals surface area contributed by atoms with Gasteiger partial charge in [-0.1, -0.05) is 22.0 Å². The third-order valence-corrected chi connectivity index (χ3v) is 3.58. The zero-order valence-corrected chi connectivity index (χ0v) is 10.0. The van der Waals surface area contributed by atoms with Gasteiger partial charge < -0.3 is 10.1 Å². The molecule has 1 aliphatic carbocycles. The predicted molar refractivity (Wildman–Crippen MR) is 60.7 cm³/mol. The molecule has 76 valence electrons. The number of methoxy groups -OCH3 is 1. The molecular formula is C11H14BrNO. The number of halogens is 1. The van der Waals surface area contributed by atoms with E-state index in [0.717, 1.165) is 10.2 Å². The van der Waals surface area contributed by atoms with Gasteiger partial charge >= 0.3 is 0 Å². The fraction of sp³-hybridized carbons (Fsp3) is 0.455. The van der Waals surface area contributed by atoms with Gasteiger partial charge in [0.25, 0.3) is 0 Å². The first-order valence-corrected chi connectivity index (χ1v) is 5.54. The van der Waals surface area contributed by atoms with Gasteiger partial charge in [0.05, 0.1) is 7.11 Å². The molecule has 2 rings (SSSR count). The van der Waals surface area contributed by atoms with Gasteiger partial charge in [0.1, 0.15) is 5.75 Å². The van der Waals surface area contributed by atoms with E-state index >= 15 is 0 Å². The Hall–Kier alpha value is -0.540. The van der Waals surface area contributed by atoms with E-state index in [1.165, 1.54) is 18.4 Å². The van der Waals surface area contributed by atoms with Crippen molar-refractivity contribution in [3.05, 3.63) is 28.2 Å². The standard InChI is InChI=1S/C11H14BrNO/c1-13-11(5-6-11)9-4-3-8(14-2)7-10(9)12/h3-4,7,13H,5-6H2,1-2H3. The Kier molecular flexibility index (Phi) is 2.54. The predicted octanol–water partition coefficient (Wildman–Crippen LogP) is 2.67. The van der Waals surface area contributed by atoms with E-state index in [2.05, 4.69) is 27.3 Å². The Morgan fingerprint density at radius 3 is 2.57 bits per heavy atom. The van der Waals surface area contributed by atoms with Gasteiger partial charge in [-0.15, -0.1) is 0 Å². The molecule has 1 aromatic carbocycles. The lowest BCUT2D eigenvalue weighted by Crippen LogP contribution is -2.24. The molecule has 2 nitrogen and oxygen atoms in total. The van der Waals surface area contributed by atoms with Crippen molar-refractivity contribution in [1.82, 2.24) is 5.32 Å². The smallest absolute Gasteiger partial charge is 0.120 e. The summed E-state index contributed by atoms with van der Waals surface area (Å²) in [4.78, 5) is 0. The molecule has 0 spiro atoms. The third kappa shape index (κ3) is 1.55.